The Bertz CT molecular complexity index is 156. The number of nitrogens with two attached hydrogens (primary N) is 1. The molecule has 1 saturated carbocycles. The van der Waals surface area contributed by atoms with Gasteiger partial charge in [-0.2, -0.15) is 0 Å². The highest BCUT2D eigenvalue weighted by Crippen LogP contribution is 2.21. The molecule has 0 aromatic carbocycles. The Morgan fingerprint density at radius 3 is 1.06 bits per heavy atom. The van der Waals surface area contributed by atoms with Crippen LogP contribution in [0.15, 0.2) is 0 Å². The van der Waals surface area contributed by atoms with Crippen LogP contribution in [0.25, 0.3) is 0 Å². The lowest BCUT2D eigenvalue weighted by Gasteiger charge is -2.24. The standard InChI is InChI=1S/C16H33N/c1-16(17)14-12-10-8-6-4-2-3-5-7-9-11-13-15-16/h2-15,17H2,1H3. The first kappa shape index (κ1) is 15.0. The predicted octanol–water partition coefficient (Wildman–Crippen LogP) is 5.18. The van der Waals surface area contributed by atoms with Crippen molar-refractivity contribution < 1.29 is 0 Å². The van der Waals surface area contributed by atoms with Crippen LogP contribution >= 0.6 is 0 Å². The molecule has 1 aliphatic rings. The van der Waals surface area contributed by atoms with Crippen molar-refractivity contribution in [3.8, 4) is 0 Å². The highest BCUT2D eigenvalue weighted by atomic mass is 14.7. The highest BCUT2D eigenvalue weighted by Gasteiger charge is 2.16. The van der Waals surface area contributed by atoms with Crippen LogP contribution in [0.1, 0.15) is 96.8 Å². The number of hydrogen-bond acceptors (Lipinski definition) is 1. The fraction of sp³-hybridized carbons (Fsp3) is 1.00. The molecule has 0 bridgehead atoms. The zero-order valence-electron chi connectivity index (χ0n) is 12.0. The first-order valence-corrected chi connectivity index (χ1v) is 8.00. The normalized spacial score (nSPS) is 25.8. The summed E-state index contributed by atoms with van der Waals surface area (Å²) in [7, 11) is 0. The lowest BCUT2D eigenvalue weighted by atomic mass is 9.89. The minimum Gasteiger partial charge on any atom is -0.325 e. The van der Waals surface area contributed by atoms with Crippen molar-refractivity contribution in [2.45, 2.75) is 102 Å². The van der Waals surface area contributed by atoms with Gasteiger partial charge in [-0.15, -0.1) is 0 Å². The molecule has 0 aromatic heterocycles. The molecule has 0 saturated heterocycles. The lowest BCUT2D eigenvalue weighted by Crippen LogP contribution is -2.35. The van der Waals surface area contributed by atoms with Crippen molar-refractivity contribution in [3.63, 3.8) is 0 Å². The zero-order valence-corrected chi connectivity index (χ0v) is 12.0. The average molecular weight is 239 g/mol. The second-order valence-electron chi connectivity index (χ2n) is 6.40. The van der Waals surface area contributed by atoms with Crippen LogP contribution in [0.5, 0.6) is 0 Å². The molecule has 0 radical (unpaired) electrons. The van der Waals surface area contributed by atoms with Gasteiger partial charge in [-0.1, -0.05) is 77.0 Å². The van der Waals surface area contributed by atoms with Crippen LogP contribution in [-0.4, -0.2) is 5.54 Å². The molecule has 2 N–H and O–H groups in total. The van der Waals surface area contributed by atoms with E-state index in [0.29, 0.717) is 0 Å². The van der Waals surface area contributed by atoms with Gasteiger partial charge in [-0.05, 0) is 19.8 Å². The molecular formula is C16H33N. The smallest absolute Gasteiger partial charge is 0.0125 e. The fourth-order valence-corrected chi connectivity index (χ4v) is 2.95. The first-order chi connectivity index (χ1) is 8.21. The van der Waals surface area contributed by atoms with Gasteiger partial charge in [0.05, 0.1) is 0 Å². The fourth-order valence-electron chi connectivity index (χ4n) is 2.95. The van der Waals surface area contributed by atoms with Crippen LogP contribution < -0.4 is 5.73 Å². The predicted molar refractivity (Wildman–Crippen MR) is 77.2 cm³/mol. The summed E-state index contributed by atoms with van der Waals surface area (Å²) < 4.78 is 0. The van der Waals surface area contributed by atoms with E-state index < -0.39 is 0 Å². The highest BCUT2D eigenvalue weighted by molar-refractivity contribution is 4.78. The molecule has 1 aliphatic carbocycles. The average Bonchev–Trinajstić information content (AvgIpc) is 2.29. The van der Waals surface area contributed by atoms with Gasteiger partial charge >= 0.3 is 0 Å². The van der Waals surface area contributed by atoms with Gasteiger partial charge in [0.2, 0.25) is 0 Å². The molecule has 1 heteroatoms. The van der Waals surface area contributed by atoms with Crippen LogP contribution in [-0.2, 0) is 0 Å². The Labute approximate surface area is 109 Å². The van der Waals surface area contributed by atoms with Crippen LogP contribution in [0.4, 0.5) is 0 Å². The van der Waals surface area contributed by atoms with Gasteiger partial charge in [0, 0.05) is 5.54 Å². The maximum Gasteiger partial charge on any atom is 0.0125 e. The third kappa shape index (κ3) is 8.65. The van der Waals surface area contributed by atoms with E-state index in [-0.39, 0.29) is 5.54 Å². The quantitative estimate of drug-likeness (QED) is 0.619. The molecule has 0 aliphatic heterocycles. The van der Waals surface area contributed by atoms with E-state index in [4.69, 9.17) is 5.73 Å². The van der Waals surface area contributed by atoms with E-state index in [2.05, 4.69) is 6.92 Å². The summed E-state index contributed by atoms with van der Waals surface area (Å²) in [5.41, 5.74) is 6.47. The topological polar surface area (TPSA) is 26.0 Å². The monoisotopic (exact) mass is 239 g/mol. The zero-order chi connectivity index (χ0) is 12.4. The summed E-state index contributed by atoms with van der Waals surface area (Å²) in [6.45, 7) is 2.26. The van der Waals surface area contributed by atoms with Crippen LogP contribution in [0, 0.1) is 0 Å². The molecule has 1 nitrogen and oxygen atoms in total. The molecule has 0 unspecified atom stereocenters. The van der Waals surface area contributed by atoms with Crippen molar-refractivity contribution in [2.24, 2.45) is 5.73 Å². The molecule has 0 atom stereocenters. The van der Waals surface area contributed by atoms with Crippen molar-refractivity contribution in [1.29, 1.82) is 0 Å². The van der Waals surface area contributed by atoms with Crippen molar-refractivity contribution in [2.75, 3.05) is 0 Å². The lowest BCUT2D eigenvalue weighted by molar-refractivity contribution is 0.365. The maximum atomic E-state index is 6.36. The van der Waals surface area contributed by atoms with Crippen molar-refractivity contribution in [3.05, 3.63) is 0 Å². The molecule has 102 valence electrons. The SMILES string of the molecule is CC1(N)CCCCCCCCCCCCCC1. The summed E-state index contributed by atoms with van der Waals surface area (Å²) >= 11 is 0. The van der Waals surface area contributed by atoms with Gasteiger partial charge in [0.15, 0.2) is 0 Å². The second-order valence-corrected chi connectivity index (χ2v) is 6.40. The summed E-state index contributed by atoms with van der Waals surface area (Å²) in [5, 5.41) is 0. The minimum absolute atomic E-state index is 0.111. The van der Waals surface area contributed by atoms with Gasteiger partial charge in [-0.25, -0.2) is 0 Å². The molecule has 1 fully saturated rings. The molecule has 0 aromatic rings. The Morgan fingerprint density at radius 2 is 0.765 bits per heavy atom. The first-order valence-electron chi connectivity index (χ1n) is 8.00. The summed E-state index contributed by atoms with van der Waals surface area (Å²) in [6.07, 6.45) is 19.5. The van der Waals surface area contributed by atoms with E-state index in [1.165, 1.54) is 89.9 Å². The van der Waals surface area contributed by atoms with Crippen molar-refractivity contribution in [1.82, 2.24) is 0 Å². The van der Waals surface area contributed by atoms with Gasteiger partial charge < -0.3 is 5.73 Å². The van der Waals surface area contributed by atoms with Gasteiger partial charge in [-0.3, -0.25) is 0 Å². The molecule has 17 heavy (non-hydrogen) atoms. The van der Waals surface area contributed by atoms with E-state index in [9.17, 15) is 0 Å². The summed E-state index contributed by atoms with van der Waals surface area (Å²) in [5.74, 6) is 0. The van der Waals surface area contributed by atoms with Crippen LogP contribution in [0.3, 0.4) is 0 Å². The van der Waals surface area contributed by atoms with Crippen LogP contribution in [0.2, 0.25) is 0 Å². The number of hydrogen-bond donors (Lipinski definition) is 1. The molecule has 0 amide bonds. The number of rotatable bonds is 0. The molecular weight excluding hydrogens is 206 g/mol. The molecule has 0 spiro atoms. The second kappa shape index (κ2) is 8.97. The van der Waals surface area contributed by atoms with E-state index in [0.717, 1.165) is 0 Å². The third-order valence-corrected chi connectivity index (χ3v) is 4.25. The largest absolute Gasteiger partial charge is 0.325 e. The Hall–Kier alpha value is -0.0400. The van der Waals surface area contributed by atoms with E-state index in [1.807, 2.05) is 0 Å². The maximum absolute atomic E-state index is 6.36. The molecule has 1 rings (SSSR count). The van der Waals surface area contributed by atoms with Gasteiger partial charge in [0.1, 0.15) is 0 Å². The summed E-state index contributed by atoms with van der Waals surface area (Å²) in [4.78, 5) is 0. The Morgan fingerprint density at radius 1 is 0.529 bits per heavy atom. The summed E-state index contributed by atoms with van der Waals surface area (Å²) in [6, 6.07) is 0. The molecule has 0 heterocycles. The minimum atomic E-state index is 0.111. The van der Waals surface area contributed by atoms with E-state index in [1.54, 1.807) is 0 Å². The van der Waals surface area contributed by atoms with Crippen molar-refractivity contribution >= 4 is 0 Å². The third-order valence-electron chi connectivity index (χ3n) is 4.25. The Kier molecular flexibility index (Phi) is 7.92. The van der Waals surface area contributed by atoms with Gasteiger partial charge in [0.25, 0.3) is 0 Å². The Balaban J connectivity index is 2.22. The van der Waals surface area contributed by atoms with E-state index >= 15 is 0 Å².